The van der Waals surface area contributed by atoms with Gasteiger partial charge in [0.2, 0.25) is 0 Å². The minimum atomic E-state index is -0.481. The van der Waals surface area contributed by atoms with Crippen molar-refractivity contribution in [3.05, 3.63) is 107 Å². The fourth-order valence-corrected chi connectivity index (χ4v) is 6.72. The lowest BCUT2D eigenvalue weighted by Gasteiger charge is -2.51. The van der Waals surface area contributed by atoms with E-state index in [-0.39, 0.29) is 11.9 Å². The number of hydrogen-bond donors (Lipinski definition) is 0. The number of rotatable bonds is 5. The summed E-state index contributed by atoms with van der Waals surface area (Å²) >= 11 is 0. The second kappa shape index (κ2) is 8.45. The Kier molecular flexibility index (Phi) is 5.15. The Bertz CT molecular complexity index is 1410. The first-order valence-electron chi connectivity index (χ1n) is 13.1. The molecule has 0 unspecified atom stereocenters. The smallest absolute Gasteiger partial charge is 0.191 e. The number of fused-ring (bicyclic) bond motifs is 5. The van der Waals surface area contributed by atoms with Gasteiger partial charge in [0.15, 0.2) is 11.9 Å². The first kappa shape index (κ1) is 22.5. The highest BCUT2D eigenvalue weighted by Gasteiger charge is 2.48. The number of piperidine rings is 3. The molecule has 0 radical (unpaired) electrons. The molecule has 3 saturated heterocycles. The molecule has 5 nitrogen and oxygen atoms in total. The summed E-state index contributed by atoms with van der Waals surface area (Å²) in [7, 11) is 0. The number of ether oxygens (including phenoxy) is 2. The number of nitrogens with zero attached hydrogens (tertiary/aromatic N) is 2. The SMILES string of the molecule is CC1(c2cc(C[N+]34CCC(CC3)[C@@H](Oc3cccc(F)c3)C4)on2)c2ccccc2Oc2ccccc21. The molecule has 0 spiro atoms. The maximum atomic E-state index is 13.7. The van der Waals surface area contributed by atoms with Gasteiger partial charge in [-0.2, -0.15) is 0 Å². The molecule has 6 heteroatoms. The van der Waals surface area contributed by atoms with Gasteiger partial charge in [0.05, 0.1) is 24.2 Å². The molecule has 4 aromatic rings. The average Bonchev–Trinajstić information content (AvgIpc) is 3.38. The summed E-state index contributed by atoms with van der Waals surface area (Å²) < 4.78 is 33.2. The van der Waals surface area contributed by atoms with E-state index in [2.05, 4.69) is 30.3 Å². The second-order valence-corrected chi connectivity index (χ2v) is 11.0. The Hall–Kier alpha value is -3.64. The molecule has 4 aliphatic rings. The summed E-state index contributed by atoms with van der Waals surface area (Å²) in [5.41, 5.74) is 2.58. The van der Waals surface area contributed by atoms with E-state index in [0.717, 1.165) is 77.6 Å². The van der Waals surface area contributed by atoms with Crippen molar-refractivity contribution >= 4 is 0 Å². The Morgan fingerprint density at radius 3 is 2.35 bits per heavy atom. The molecule has 1 aromatic heterocycles. The van der Waals surface area contributed by atoms with Gasteiger partial charge in [-0.1, -0.05) is 47.6 Å². The standard InChI is InChI=1S/C31H30FN2O3/c1-31(25-9-2-4-11-27(25)36-28-12-5-3-10-26(28)31)30-18-24(37-33-30)19-34-15-13-21(14-16-34)29(20-34)35-23-8-6-7-22(32)17-23/h2-12,17-18,21,29H,13-16,19-20H2,1H3/q+1/t21?,29-,34?/m0/s1. The summed E-state index contributed by atoms with van der Waals surface area (Å²) in [5, 5.41) is 4.64. The van der Waals surface area contributed by atoms with Crippen molar-refractivity contribution in [1.29, 1.82) is 0 Å². The molecule has 2 bridgehead atoms. The Morgan fingerprint density at radius 2 is 1.65 bits per heavy atom. The summed E-state index contributed by atoms with van der Waals surface area (Å²) in [6.45, 7) is 6.07. The van der Waals surface area contributed by atoms with E-state index in [0.29, 0.717) is 11.7 Å². The number of halogens is 1. The second-order valence-electron chi connectivity index (χ2n) is 11.0. The van der Waals surface area contributed by atoms with Crippen molar-refractivity contribution < 1.29 is 22.9 Å². The van der Waals surface area contributed by atoms with Crippen molar-refractivity contribution in [3.8, 4) is 17.2 Å². The van der Waals surface area contributed by atoms with Gasteiger partial charge in [0.1, 0.15) is 36.2 Å². The van der Waals surface area contributed by atoms with Crippen LogP contribution in [0.1, 0.15) is 42.3 Å². The third kappa shape index (κ3) is 3.74. The molecule has 0 N–H and O–H groups in total. The topological polar surface area (TPSA) is 44.5 Å². The van der Waals surface area contributed by atoms with Gasteiger partial charge >= 0.3 is 0 Å². The van der Waals surface area contributed by atoms with Gasteiger partial charge in [-0.25, -0.2) is 4.39 Å². The van der Waals surface area contributed by atoms with Crippen LogP contribution < -0.4 is 9.47 Å². The van der Waals surface area contributed by atoms with Crippen molar-refractivity contribution in [2.24, 2.45) is 5.92 Å². The van der Waals surface area contributed by atoms with Crippen LogP contribution in [0.25, 0.3) is 0 Å². The molecule has 1 atom stereocenters. The van der Waals surface area contributed by atoms with Crippen LogP contribution in [0.15, 0.2) is 83.4 Å². The number of para-hydroxylation sites is 2. The van der Waals surface area contributed by atoms with Crippen LogP contribution in [-0.2, 0) is 12.0 Å². The number of hydrogen-bond acceptors (Lipinski definition) is 4. The van der Waals surface area contributed by atoms with Gasteiger partial charge in [-0.05, 0) is 31.2 Å². The predicted octanol–water partition coefficient (Wildman–Crippen LogP) is 6.46. The fourth-order valence-electron chi connectivity index (χ4n) is 6.72. The molecule has 0 saturated carbocycles. The molecule has 37 heavy (non-hydrogen) atoms. The van der Waals surface area contributed by atoms with Crippen LogP contribution in [0.2, 0.25) is 0 Å². The van der Waals surface area contributed by atoms with E-state index in [4.69, 9.17) is 14.0 Å². The molecule has 0 aliphatic carbocycles. The third-order valence-corrected chi connectivity index (χ3v) is 8.76. The largest absolute Gasteiger partial charge is 0.484 e. The monoisotopic (exact) mass is 497 g/mol. The van der Waals surface area contributed by atoms with Crippen LogP contribution >= 0.6 is 0 Å². The number of benzene rings is 3. The highest BCUT2D eigenvalue weighted by molar-refractivity contribution is 5.61. The van der Waals surface area contributed by atoms with Crippen LogP contribution in [0.5, 0.6) is 17.2 Å². The average molecular weight is 498 g/mol. The number of aromatic nitrogens is 1. The minimum Gasteiger partial charge on any atom is -0.484 e. The molecule has 3 fully saturated rings. The summed E-state index contributed by atoms with van der Waals surface area (Å²) in [6, 6.07) is 25.0. The molecule has 3 aromatic carbocycles. The normalized spacial score (nSPS) is 25.1. The summed E-state index contributed by atoms with van der Waals surface area (Å²) in [6.07, 6.45) is 2.30. The fraction of sp³-hybridized carbons (Fsp3) is 0.323. The predicted molar refractivity (Wildman–Crippen MR) is 137 cm³/mol. The Balaban J connectivity index is 1.18. The van der Waals surface area contributed by atoms with Gasteiger partial charge in [0.25, 0.3) is 0 Å². The van der Waals surface area contributed by atoms with E-state index >= 15 is 0 Å². The number of quaternary nitrogens is 1. The van der Waals surface area contributed by atoms with E-state index in [1.807, 2.05) is 42.5 Å². The highest BCUT2D eigenvalue weighted by atomic mass is 19.1. The molecule has 188 valence electrons. The molecular weight excluding hydrogens is 467 g/mol. The first-order valence-corrected chi connectivity index (χ1v) is 13.1. The van der Waals surface area contributed by atoms with Crippen molar-refractivity contribution in [1.82, 2.24) is 5.16 Å². The van der Waals surface area contributed by atoms with E-state index in [1.165, 1.54) is 12.1 Å². The van der Waals surface area contributed by atoms with Gasteiger partial charge in [-0.15, -0.1) is 0 Å². The van der Waals surface area contributed by atoms with Crippen molar-refractivity contribution in [2.75, 3.05) is 19.6 Å². The lowest BCUT2D eigenvalue weighted by atomic mass is 9.71. The highest BCUT2D eigenvalue weighted by Crippen LogP contribution is 2.51. The summed E-state index contributed by atoms with van der Waals surface area (Å²) in [5.74, 6) is 3.46. The van der Waals surface area contributed by atoms with Crippen LogP contribution in [0, 0.1) is 11.7 Å². The van der Waals surface area contributed by atoms with Gasteiger partial charge in [-0.3, -0.25) is 0 Å². The molecule has 5 heterocycles. The Morgan fingerprint density at radius 1 is 0.946 bits per heavy atom. The molecule has 8 rings (SSSR count). The molecule has 0 amide bonds. The Labute approximate surface area is 216 Å². The lowest BCUT2D eigenvalue weighted by Crippen LogP contribution is -2.64. The maximum absolute atomic E-state index is 13.7. The van der Waals surface area contributed by atoms with Crippen LogP contribution in [0.3, 0.4) is 0 Å². The van der Waals surface area contributed by atoms with Crippen molar-refractivity contribution in [2.45, 2.75) is 37.8 Å². The first-order chi connectivity index (χ1) is 18.0. The van der Waals surface area contributed by atoms with E-state index < -0.39 is 5.41 Å². The molecular formula is C31H30FN2O3+. The zero-order chi connectivity index (χ0) is 25.0. The van der Waals surface area contributed by atoms with E-state index in [1.54, 1.807) is 6.07 Å². The van der Waals surface area contributed by atoms with Crippen molar-refractivity contribution in [3.63, 3.8) is 0 Å². The van der Waals surface area contributed by atoms with Gasteiger partial charge in [0, 0.05) is 42.0 Å². The zero-order valence-electron chi connectivity index (χ0n) is 20.9. The zero-order valence-corrected chi connectivity index (χ0v) is 20.9. The van der Waals surface area contributed by atoms with Crippen LogP contribution in [0.4, 0.5) is 4.39 Å². The maximum Gasteiger partial charge on any atom is 0.191 e. The molecule has 4 aliphatic heterocycles. The lowest BCUT2D eigenvalue weighted by molar-refractivity contribution is -0.959. The summed E-state index contributed by atoms with van der Waals surface area (Å²) in [4.78, 5) is 0. The van der Waals surface area contributed by atoms with Gasteiger partial charge < -0.3 is 18.5 Å². The van der Waals surface area contributed by atoms with Crippen LogP contribution in [-0.4, -0.2) is 35.4 Å². The quantitative estimate of drug-likeness (QED) is 0.297. The third-order valence-electron chi connectivity index (χ3n) is 8.76. The minimum absolute atomic E-state index is 0.0819. The van der Waals surface area contributed by atoms with E-state index in [9.17, 15) is 4.39 Å².